The second-order valence-corrected chi connectivity index (χ2v) is 8.76. The normalized spacial score (nSPS) is 23.3. The number of hydrogen-bond acceptors (Lipinski definition) is 3. The fraction of sp³-hybridized carbons (Fsp3) is 0.556. The average Bonchev–Trinajstić information content (AvgIpc) is 2.62. The Morgan fingerprint density at radius 3 is 2.35 bits per heavy atom. The van der Waals surface area contributed by atoms with Gasteiger partial charge in [-0.2, -0.15) is 17.5 Å². The summed E-state index contributed by atoms with van der Waals surface area (Å²) in [7, 11) is -4.16. The van der Waals surface area contributed by atoms with Crippen LogP contribution >= 0.6 is 0 Å². The van der Waals surface area contributed by atoms with Crippen LogP contribution in [0.3, 0.4) is 0 Å². The summed E-state index contributed by atoms with van der Waals surface area (Å²) in [6.45, 7) is 2.45. The van der Waals surface area contributed by atoms with E-state index in [1.165, 1.54) is 16.4 Å². The van der Waals surface area contributed by atoms with Crippen LogP contribution in [0.1, 0.15) is 24.8 Å². The molecule has 144 valence electrons. The van der Waals surface area contributed by atoms with Crippen molar-refractivity contribution >= 4 is 10.0 Å². The maximum absolute atomic E-state index is 13.2. The second kappa shape index (κ2) is 7.70. The van der Waals surface area contributed by atoms with Gasteiger partial charge >= 0.3 is 6.18 Å². The highest BCUT2D eigenvalue weighted by atomic mass is 32.2. The zero-order chi connectivity index (χ0) is 18.8. The Morgan fingerprint density at radius 1 is 1.04 bits per heavy atom. The molecule has 0 spiro atoms. The van der Waals surface area contributed by atoms with Crippen LogP contribution in [0, 0.1) is 5.92 Å². The third-order valence-electron chi connectivity index (χ3n) is 5.04. The molecule has 1 atom stereocenters. The van der Waals surface area contributed by atoms with Crippen molar-refractivity contribution in [1.29, 1.82) is 0 Å². The fourth-order valence-corrected chi connectivity index (χ4v) is 5.24. The molecule has 0 bridgehead atoms. The molecule has 4 nitrogen and oxygen atoms in total. The summed E-state index contributed by atoms with van der Waals surface area (Å²) in [6, 6.07) is 4.39. The van der Waals surface area contributed by atoms with E-state index in [0.717, 1.165) is 37.9 Å². The van der Waals surface area contributed by atoms with E-state index in [2.05, 4.69) is 17.1 Å². The van der Waals surface area contributed by atoms with Crippen LogP contribution in [0.2, 0.25) is 0 Å². The van der Waals surface area contributed by atoms with Gasteiger partial charge in [-0.05, 0) is 37.3 Å². The Morgan fingerprint density at radius 2 is 1.73 bits per heavy atom. The van der Waals surface area contributed by atoms with Crippen molar-refractivity contribution in [2.75, 3.05) is 32.7 Å². The summed E-state index contributed by atoms with van der Waals surface area (Å²) >= 11 is 0. The van der Waals surface area contributed by atoms with Crippen molar-refractivity contribution in [1.82, 2.24) is 9.21 Å². The summed E-state index contributed by atoms with van der Waals surface area (Å²) in [4.78, 5) is 1.56. The number of nitrogens with zero attached hydrogens (tertiary/aromatic N) is 2. The third-order valence-corrected chi connectivity index (χ3v) is 6.99. The molecule has 1 saturated heterocycles. The minimum atomic E-state index is -4.69. The summed E-state index contributed by atoms with van der Waals surface area (Å²) in [5.41, 5.74) is -1.10. The monoisotopic (exact) mass is 388 g/mol. The summed E-state index contributed by atoms with van der Waals surface area (Å²) in [5.74, 6) is 0.578. The summed E-state index contributed by atoms with van der Waals surface area (Å²) in [5, 5.41) is 0. The van der Waals surface area contributed by atoms with Crippen molar-refractivity contribution in [3.8, 4) is 0 Å². The maximum Gasteiger partial charge on any atom is 0.417 e. The first kappa shape index (κ1) is 19.4. The van der Waals surface area contributed by atoms with Crippen LogP contribution in [0.4, 0.5) is 13.2 Å². The van der Waals surface area contributed by atoms with Crippen LogP contribution in [0.5, 0.6) is 0 Å². The number of sulfonamides is 1. The number of hydrogen-bond donors (Lipinski definition) is 0. The molecule has 0 N–H and O–H groups in total. The van der Waals surface area contributed by atoms with Crippen LogP contribution < -0.4 is 0 Å². The van der Waals surface area contributed by atoms with Crippen molar-refractivity contribution in [2.24, 2.45) is 5.92 Å². The molecule has 1 fully saturated rings. The van der Waals surface area contributed by atoms with Gasteiger partial charge in [0.1, 0.15) is 0 Å². The van der Waals surface area contributed by atoms with Gasteiger partial charge in [0.15, 0.2) is 0 Å². The van der Waals surface area contributed by atoms with Gasteiger partial charge in [-0.1, -0.05) is 24.3 Å². The molecule has 0 aromatic heterocycles. The highest BCUT2D eigenvalue weighted by molar-refractivity contribution is 7.89. The Bertz CT molecular complexity index is 754. The van der Waals surface area contributed by atoms with Gasteiger partial charge in [0.25, 0.3) is 0 Å². The smallest absolute Gasteiger partial charge is 0.300 e. The highest BCUT2D eigenvalue weighted by Gasteiger charge is 2.39. The van der Waals surface area contributed by atoms with E-state index < -0.39 is 26.7 Å². The minimum Gasteiger partial charge on any atom is -0.300 e. The number of piperazine rings is 1. The third kappa shape index (κ3) is 4.29. The molecule has 1 unspecified atom stereocenters. The van der Waals surface area contributed by atoms with Crippen molar-refractivity contribution in [3.63, 3.8) is 0 Å². The predicted molar refractivity (Wildman–Crippen MR) is 93.1 cm³/mol. The van der Waals surface area contributed by atoms with Crippen LogP contribution in [0.25, 0.3) is 0 Å². The van der Waals surface area contributed by atoms with Gasteiger partial charge in [0.2, 0.25) is 10.0 Å². The minimum absolute atomic E-state index is 0.219. The Labute approximate surface area is 152 Å². The molecular weight excluding hydrogens is 365 g/mol. The molecule has 1 heterocycles. The van der Waals surface area contributed by atoms with Crippen molar-refractivity contribution in [2.45, 2.75) is 30.3 Å². The van der Waals surface area contributed by atoms with Crippen LogP contribution in [0.15, 0.2) is 41.3 Å². The molecule has 1 aromatic carbocycles. The topological polar surface area (TPSA) is 40.6 Å². The highest BCUT2D eigenvalue weighted by Crippen LogP contribution is 2.35. The van der Waals surface area contributed by atoms with Gasteiger partial charge in [0, 0.05) is 32.7 Å². The second-order valence-electron chi connectivity index (χ2n) is 6.85. The average molecular weight is 388 g/mol. The molecular formula is C18H23F3N2O2S. The molecule has 8 heteroatoms. The first-order valence-electron chi connectivity index (χ1n) is 8.82. The Kier molecular flexibility index (Phi) is 5.74. The number of halogens is 3. The van der Waals surface area contributed by atoms with Gasteiger partial charge in [-0.15, -0.1) is 0 Å². The lowest BCUT2D eigenvalue weighted by Crippen LogP contribution is -2.49. The lowest BCUT2D eigenvalue weighted by molar-refractivity contribution is -0.139. The van der Waals surface area contributed by atoms with E-state index in [4.69, 9.17) is 0 Å². The molecule has 1 aliphatic carbocycles. The molecule has 1 aromatic rings. The van der Waals surface area contributed by atoms with Gasteiger partial charge in [0.05, 0.1) is 10.5 Å². The van der Waals surface area contributed by atoms with E-state index in [1.54, 1.807) is 0 Å². The first-order valence-corrected chi connectivity index (χ1v) is 10.3. The molecule has 3 rings (SSSR count). The number of allylic oxidation sites excluding steroid dienone is 2. The number of alkyl halides is 3. The Balaban J connectivity index is 1.68. The molecule has 26 heavy (non-hydrogen) atoms. The fourth-order valence-electron chi connectivity index (χ4n) is 3.60. The largest absolute Gasteiger partial charge is 0.417 e. The number of benzene rings is 1. The molecule has 0 amide bonds. The summed E-state index contributed by atoms with van der Waals surface area (Å²) in [6.07, 6.45) is 2.92. The molecule has 0 saturated carbocycles. The zero-order valence-corrected chi connectivity index (χ0v) is 15.3. The zero-order valence-electron chi connectivity index (χ0n) is 14.5. The standard InChI is InChI=1S/C18H23F3N2O2S/c19-18(20,21)16-8-4-5-9-17(16)26(24,25)23-12-10-22(11-13-23)14-15-6-2-1-3-7-15/h1-2,4-5,8-9,15H,3,6-7,10-14H2. The van der Waals surface area contributed by atoms with Gasteiger partial charge in [-0.3, -0.25) is 0 Å². The van der Waals surface area contributed by atoms with E-state index in [9.17, 15) is 21.6 Å². The van der Waals surface area contributed by atoms with E-state index >= 15 is 0 Å². The number of rotatable bonds is 4. The van der Waals surface area contributed by atoms with Gasteiger partial charge < -0.3 is 4.90 Å². The van der Waals surface area contributed by atoms with E-state index in [0.29, 0.717) is 19.0 Å². The van der Waals surface area contributed by atoms with Gasteiger partial charge in [-0.25, -0.2) is 8.42 Å². The quantitative estimate of drug-likeness (QED) is 0.743. The lowest BCUT2D eigenvalue weighted by atomic mass is 9.94. The summed E-state index contributed by atoms with van der Waals surface area (Å²) < 4.78 is 66.2. The molecule has 1 aliphatic heterocycles. The Hall–Kier alpha value is -1.38. The van der Waals surface area contributed by atoms with Crippen molar-refractivity contribution < 1.29 is 21.6 Å². The van der Waals surface area contributed by atoms with E-state index in [-0.39, 0.29) is 13.1 Å². The SMILES string of the molecule is O=S(=O)(c1ccccc1C(F)(F)F)N1CCN(CC2CC=CCC2)CC1. The van der Waals surface area contributed by atoms with Crippen LogP contribution in [-0.4, -0.2) is 50.3 Å². The van der Waals surface area contributed by atoms with Crippen LogP contribution in [-0.2, 0) is 16.2 Å². The molecule has 0 radical (unpaired) electrons. The predicted octanol–water partition coefficient (Wildman–Crippen LogP) is 3.37. The van der Waals surface area contributed by atoms with E-state index in [1.807, 2.05) is 0 Å². The van der Waals surface area contributed by atoms with Crippen molar-refractivity contribution in [3.05, 3.63) is 42.0 Å². The maximum atomic E-state index is 13.2. The lowest BCUT2D eigenvalue weighted by Gasteiger charge is -2.36. The first-order chi connectivity index (χ1) is 12.3. The molecule has 2 aliphatic rings.